The first-order valence-corrected chi connectivity index (χ1v) is 9.38. The minimum atomic E-state index is -0.302. The number of nitrogens with one attached hydrogen (secondary N) is 1. The molecule has 0 aromatic heterocycles. The Morgan fingerprint density at radius 2 is 1.89 bits per heavy atom. The summed E-state index contributed by atoms with van der Waals surface area (Å²) in [5.41, 5.74) is 2.94. The highest BCUT2D eigenvalue weighted by molar-refractivity contribution is 5.85. The van der Waals surface area contributed by atoms with Crippen molar-refractivity contribution in [3.63, 3.8) is 0 Å². The molecule has 142 valence electrons. The van der Waals surface area contributed by atoms with Gasteiger partial charge < -0.3 is 10.2 Å². The molecular formula is C22H25FN2O2. The zero-order chi connectivity index (χ0) is 19.4. The molecule has 4 nitrogen and oxygen atoms in total. The molecule has 0 spiro atoms. The van der Waals surface area contributed by atoms with E-state index in [1.807, 2.05) is 43.0 Å². The van der Waals surface area contributed by atoms with Crippen molar-refractivity contribution in [3.8, 4) is 0 Å². The smallest absolute Gasteiger partial charge is 0.225 e. The maximum Gasteiger partial charge on any atom is 0.225 e. The number of piperidine rings is 1. The Kier molecular flexibility index (Phi) is 5.89. The molecule has 27 heavy (non-hydrogen) atoms. The van der Waals surface area contributed by atoms with Gasteiger partial charge in [-0.3, -0.25) is 9.59 Å². The molecule has 0 radical (unpaired) electrons. The third-order valence-corrected chi connectivity index (χ3v) is 5.27. The summed E-state index contributed by atoms with van der Waals surface area (Å²) >= 11 is 0. The summed E-state index contributed by atoms with van der Waals surface area (Å²) in [6.45, 7) is 4.87. The molecule has 2 atom stereocenters. The van der Waals surface area contributed by atoms with Crippen molar-refractivity contribution >= 4 is 11.8 Å². The minimum absolute atomic E-state index is 0.0708. The molecule has 2 aromatic carbocycles. The molecule has 2 amide bonds. The lowest BCUT2D eigenvalue weighted by atomic mass is 9.82. The highest BCUT2D eigenvalue weighted by atomic mass is 19.1. The highest BCUT2D eigenvalue weighted by Gasteiger charge is 2.40. The second-order valence-corrected chi connectivity index (χ2v) is 6.97. The largest absolute Gasteiger partial charge is 0.352 e. The van der Waals surface area contributed by atoms with Crippen molar-refractivity contribution in [2.75, 3.05) is 6.54 Å². The Bertz CT molecular complexity index is 819. The van der Waals surface area contributed by atoms with Crippen molar-refractivity contribution in [1.82, 2.24) is 10.2 Å². The first kappa shape index (κ1) is 19.1. The Morgan fingerprint density at radius 1 is 1.19 bits per heavy atom. The van der Waals surface area contributed by atoms with E-state index in [0.717, 1.165) is 16.7 Å². The van der Waals surface area contributed by atoms with Gasteiger partial charge in [-0.1, -0.05) is 36.4 Å². The first-order chi connectivity index (χ1) is 13.0. The summed E-state index contributed by atoms with van der Waals surface area (Å²) in [6.07, 6.45) is 0.911. The van der Waals surface area contributed by atoms with Gasteiger partial charge in [-0.2, -0.15) is 0 Å². The summed E-state index contributed by atoms with van der Waals surface area (Å²) in [4.78, 5) is 27.3. The van der Waals surface area contributed by atoms with E-state index in [0.29, 0.717) is 25.9 Å². The fraction of sp³-hybridized carbons (Fsp3) is 0.364. The van der Waals surface area contributed by atoms with Crippen LogP contribution in [0.3, 0.4) is 0 Å². The molecule has 0 saturated carbocycles. The molecule has 1 aliphatic heterocycles. The zero-order valence-electron chi connectivity index (χ0n) is 15.7. The monoisotopic (exact) mass is 368 g/mol. The lowest BCUT2D eigenvalue weighted by Gasteiger charge is -2.41. The van der Waals surface area contributed by atoms with Crippen LogP contribution in [0.15, 0.2) is 48.5 Å². The van der Waals surface area contributed by atoms with Crippen LogP contribution in [-0.4, -0.2) is 23.3 Å². The Balaban J connectivity index is 1.82. The van der Waals surface area contributed by atoms with Crippen molar-refractivity contribution in [1.29, 1.82) is 0 Å². The topological polar surface area (TPSA) is 49.4 Å². The van der Waals surface area contributed by atoms with E-state index in [1.165, 1.54) is 12.1 Å². The van der Waals surface area contributed by atoms with Crippen LogP contribution >= 0.6 is 0 Å². The number of carbonyl (C=O) groups is 2. The molecule has 1 fully saturated rings. The summed E-state index contributed by atoms with van der Waals surface area (Å²) < 4.78 is 13.0. The Labute approximate surface area is 159 Å². The second kappa shape index (κ2) is 8.33. The fourth-order valence-electron chi connectivity index (χ4n) is 3.83. The van der Waals surface area contributed by atoms with Gasteiger partial charge in [0, 0.05) is 19.5 Å². The summed E-state index contributed by atoms with van der Waals surface area (Å²) in [5, 5.41) is 2.97. The summed E-state index contributed by atoms with van der Waals surface area (Å²) in [6, 6.07) is 13.8. The predicted molar refractivity (Wildman–Crippen MR) is 102 cm³/mol. The summed E-state index contributed by atoms with van der Waals surface area (Å²) in [7, 11) is 0. The second-order valence-electron chi connectivity index (χ2n) is 6.97. The predicted octanol–water partition coefficient (Wildman–Crippen LogP) is 3.75. The van der Waals surface area contributed by atoms with Gasteiger partial charge in [-0.25, -0.2) is 4.39 Å². The molecule has 5 heteroatoms. The van der Waals surface area contributed by atoms with E-state index < -0.39 is 0 Å². The van der Waals surface area contributed by atoms with Crippen LogP contribution in [-0.2, 0) is 16.1 Å². The average Bonchev–Trinajstić information content (AvgIpc) is 2.67. The fourth-order valence-corrected chi connectivity index (χ4v) is 3.83. The number of benzene rings is 2. The van der Waals surface area contributed by atoms with E-state index in [-0.39, 0.29) is 29.6 Å². The maximum atomic E-state index is 13.0. The van der Waals surface area contributed by atoms with Gasteiger partial charge in [-0.15, -0.1) is 0 Å². The number of aryl methyl sites for hydroxylation is 1. The number of halogens is 1. The molecule has 1 saturated heterocycles. The number of hydrogen-bond donors (Lipinski definition) is 1. The maximum absolute atomic E-state index is 13.0. The lowest BCUT2D eigenvalue weighted by molar-refractivity contribution is -0.143. The number of likely N-dealkylation sites (tertiary alicyclic amines) is 1. The lowest BCUT2D eigenvalue weighted by Crippen LogP contribution is -2.48. The third-order valence-electron chi connectivity index (χ3n) is 5.27. The number of amides is 2. The van der Waals surface area contributed by atoms with Crippen LogP contribution in [0.1, 0.15) is 42.5 Å². The zero-order valence-corrected chi connectivity index (χ0v) is 15.7. The molecule has 1 N–H and O–H groups in total. The number of carbonyl (C=O) groups excluding carboxylic acids is 2. The quantitative estimate of drug-likeness (QED) is 0.874. The van der Waals surface area contributed by atoms with Gasteiger partial charge >= 0.3 is 0 Å². The molecule has 0 bridgehead atoms. The van der Waals surface area contributed by atoms with Gasteiger partial charge in [0.1, 0.15) is 5.82 Å². The van der Waals surface area contributed by atoms with Gasteiger partial charge in [0.05, 0.1) is 12.0 Å². The van der Waals surface area contributed by atoms with Gasteiger partial charge in [0.2, 0.25) is 11.8 Å². The van der Waals surface area contributed by atoms with E-state index >= 15 is 0 Å². The van der Waals surface area contributed by atoms with Crippen LogP contribution in [0.5, 0.6) is 0 Å². The number of nitrogens with zero attached hydrogens (tertiary/aromatic N) is 1. The molecule has 3 rings (SSSR count). The normalized spacial score (nSPS) is 19.8. The van der Waals surface area contributed by atoms with Crippen molar-refractivity contribution < 1.29 is 14.0 Å². The van der Waals surface area contributed by atoms with Crippen LogP contribution in [0, 0.1) is 18.7 Å². The molecule has 0 unspecified atom stereocenters. The van der Waals surface area contributed by atoms with Crippen molar-refractivity contribution in [2.24, 2.45) is 5.92 Å². The van der Waals surface area contributed by atoms with Crippen molar-refractivity contribution in [3.05, 3.63) is 71.0 Å². The standard InChI is InChI=1S/C22H25FN2O2/c1-3-25-20(26)13-12-19(21(25)18-7-5-4-6-15(18)2)22(27)24-14-16-8-10-17(23)11-9-16/h4-11,19,21H,3,12-14H2,1-2H3,(H,24,27)/t19-,21+/m1/s1. The molecular weight excluding hydrogens is 343 g/mol. The van der Waals surface area contributed by atoms with E-state index in [9.17, 15) is 14.0 Å². The van der Waals surface area contributed by atoms with Crippen molar-refractivity contribution in [2.45, 2.75) is 39.3 Å². The Hall–Kier alpha value is -2.69. The average molecular weight is 368 g/mol. The number of rotatable bonds is 5. The van der Waals surface area contributed by atoms with E-state index in [1.54, 1.807) is 12.1 Å². The third kappa shape index (κ3) is 4.18. The van der Waals surface area contributed by atoms with Crippen LogP contribution < -0.4 is 5.32 Å². The van der Waals surface area contributed by atoms with Gasteiger partial charge in [-0.05, 0) is 49.1 Å². The van der Waals surface area contributed by atoms with Gasteiger partial charge in [0.25, 0.3) is 0 Å². The molecule has 1 aliphatic rings. The number of hydrogen-bond acceptors (Lipinski definition) is 2. The van der Waals surface area contributed by atoms with E-state index in [4.69, 9.17) is 0 Å². The molecule has 0 aliphatic carbocycles. The van der Waals surface area contributed by atoms with E-state index in [2.05, 4.69) is 5.32 Å². The first-order valence-electron chi connectivity index (χ1n) is 9.38. The highest BCUT2D eigenvalue weighted by Crippen LogP contribution is 2.38. The molecule has 2 aromatic rings. The van der Waals surface area contributed by atoms with Crippen LogP contribution in [0.25, 0.3) is 0 Å². The Morgan fingerprint density at radius 3 is 2.56 bits per heavy atom. The minimum Gasteiger partial charge on any atom is -0.352 e. The van der Waals surface area contributed by atoms with Crippen LogP contribution in [0.2, 0.25) is 0 Å². The SMILES string of the molecule is CCN1C(=O)CC[C@@H](C(=O)NCc2ccc(F)cc2)[C@@H]1c1ccccc1C. The molecule has 1 heterocycles. The van der Waals surface area contributed by atoms with Crippen LogP contribution in [0.4, 0.5) is 4.39 Å². The van der Waals surface area contributed by atoms with Gasteiger partial charge in [0.15, 0.2) is 0 Å². The summed E-state index contributed by atoms with van der Waals surface area (Å²) in [5.74, 6) is -0.579.